The van der Waals surface area contributed by atoms with Crippen LogP contribution in [0, 0.1) is 12.7 Å². The number of halogens is 8. The number of amides is 1. The number of anilines is 1. The van der Waals surface area contributed by atoms with E-state index in [0.717, 1.165) is 19.1 Å². The molecule has 0 spiro atoms. The first-order valence-corrected chi connectivity index (χ1v) is 8.93. The van der Waals surface area contributed by atoms with Crippen molar-refractivity contribution in [3.05, 3.63) is 64.0 Å². The molecule has 1 amide bonds. The largest absolute Gasteiger partial charge is 0.435 e. The minimum atomic E-state index is -6.26. The zero-order chi connectivity index (χ0) is 23.8. The molecule has 0 radical (unpaired) electrons. The molecule has 0 saturated heterocycles. The highest BCUT2D eigenvalue weighted by atomic mass is 19.4. The Morgan fingerprint density at radius 1 is 1.00 bits per heavy atom. The van der Waals surface area contributed by atoms with Gasteiger partial charge in [-0.2, -0.15) is 26.3 Å². The number of carbonyl (C=O) groups excluding carboxylic acids is 1. The van der Waals surface area contributed by atoms with Gasteiger partial charge in [-0.25, -0.2) is 8.78 Å². The second kappa shape index (κ2) is 8.45. The average Bonchev–Trinajstić information content (AvgIpc) is 2.66. The van der Waals surface area contributed by atoms with Gasteiger partial charge in [-0.1, -0.05) is 19.1 Å². The molecule has 0 unspecified atom stereocenters. The Morgan fingerprint density at radius 2 is 1.58 bits per heavy atom. The van der Waals surface area contributed by atoms with Crippen LogP contribution in [0.3, 0.4) is 0 Å². The van der Waals surface area contributed by atoms with Crippen LogP contribution >= 0.6 is 0 Å². The van der Waals surface area contributed by atoms with E-state index in [0.29, 0.717) is 17.7 Å². The molecule has 11 heteroatoms. The van der Waals surface area contributed by atoms with Crippen molar-refractivity contribution in [1.29, 1.82) is 0 Å². The van der Waals surface area contributed by atoms with Crippen molar-refractivity contribution in [2.24, 2.45) is 5.73 Å². The number of rotatable bonds is 5. The summed E-state index contributed by atoms with van der Waals surface area (Å²) in [5, 5.41) is 2.29. The van der Waals surface area contributed by atoms with Gasteiger partial charge in [0.25, 0.3) is 5.91 Å². The van der Waals surface area contributed by atoms with Crippen LogP contribution in [-0.4, -0.2) is 18.3 Å². The van der Waals surface area contributed by atoms with Crippen molar-refractivity contribution in [3.8, 4) is 0 Å². The normalized spacial score (nSPS) is 12.7. The van der Waals surface area contributed by atoms with Gasteiger partial charge in [-0.3, -0.25) is 4.79 Å². The third-order valence-corrected chi connectivity index (χ3v) is 4.73. The van der Waals surface area contributed by atoms with Crippen LogP contribution in [0.25, 0.3) is 0 Å². The predicted octanol–water partition coefficient (Wildman–Crippen LogP) is 5.70. The highest BCUT2D eigenvalue weighted by molar-refractivity contribution is 6.05. The minimum absolute atomic E-state index is 0.0166. The molecule has 0 aromatic heterocycles. The fourth-order valence-electron chi connectivity index (χ4n) is 3.06. The minimum Gasteiger partial charge on any atom is -0.326 e. The molecule has 0 aliphatic rings. The van der Waals surface area contributed by atoms with Crippen LogP contribution in [0.4, 0.5) is 40.8 Å². The van der Waals surface area contributed by atoms with Gasteiger partial charge in [0.1, 0.15) is 5.82 Å². The number of hydrogen-bond donors (Lipinski definition) is 2. The van der Waals surface area contributed by atoms with Crippen molar-refractivity contribution in [1.82, 2.24) is 0 Å². The van der Waals surface area contributed by atoms with E-state index in [1.165, 1.54) is 13.0 Å². The van der Waals surface area contributed by atoms with Crippen LogP contribution in [0.15, 0.2) is 30.3 Å². The van der Waals surface area contributed by atoms with E-state index in [1.54, 1.807) is 0 Å². The predicted molar refractivity (Wildman–Crippen MR) is 97.7 cm³/mol. The average molecular weight is 454 g/mol. The number of benzene rings is 2. The Hall–Kier alpha value is -2.69. The third kappa shape index (κ3) is 4.51. The molecule has 3 nitrogen and oxygen atoms in total. The molecule has 0 fully saturated rings. The van der Waals surface area contributed by atoms with Crippen LogP contribution in [0.5, 0.6) is 0 Å². The summed E-state index contributed by atoms with van der Waals surface area (Å²) in [6.07, 6.45) is -12.7. The topological polar surface area (TPSA) is 55.1 Å². The SMILES string of the molecule is CCc1cc(C(F)(C(F)(F)F)C(F)(F)F)cc(C)c1NC(=O)c1ccc(CN)cc1F. The molecule has 0 bridgehead atoms. The molecule has 0 atom stereocenters. The molecule has 31 heavy (non-hydrogen) atoms. The van der Waals surface area contributed by atoms with E-state index >= 15 is 0 Å². The highest BCUT2D eigenvalue weighted by Gasteiger charge is 2.73. The Labute approximate surface area is 172 Å². The number of hydrogen-bond acceptors (Lipinski definition) is 2. The lowest BCUT2D eigenvalue weighted by Gasteiger charge is -2.31. The number of nitrogens with one attached hydrogen (secondary N) is 1. The van der Waals surface area contributed by atoms with Gasteiger partial charge < -0.3 is 11.1 Å². The lowest BCUT2D eigenvalue weighted by Crippen LogP contribution is -2.50. The number of alkyl halides is 7. The summed E-state index contributed by atoms with van der Waals surface area (Å²) in [6.45, 7) is 2.52. The summed E-state index contributed by atoms with van der Waals surface area (Å²) < 4.78 is 107. The lowest BCUT2D eigenvalue weighted by atomic mass is 9.89. The molecule has 0 aliphatic heterocycles. The molecule has 3 N–H and O–H groups in total. The first kappa shape index (κ1) is 24.6. The van der Waals surface area contributed by atoms with Crippen LogP contribution < -0.4 is 11.1 Å². The summed E-state index contributed by atoms with van der Waals surface area (Å²) in [5.41, 5.74) is -2.44. The first-order chi connectivity index (χ1) is 14.2. The van der Waals surface area contributed by atoms with Gasteiger partial charge in [0.05, 0.1) is 5.56 Å². The Balaban J connectivity index is 2.54. The van der Waals surface area contributed by atoms with Crippen molar-refractivity contribution in [2.45, 2.75) is 44.8 Å². The standard InChI is InChI=1S/C20H18F8N2O/c1-3-12-8-13(18(22,19(23,24)25)20(26,27)28)6-10(2)16(12)30-17(31)14-5-4-11(9-29)7-15(14)21/h4-8H,3,9,29H2,1-2H3,(H,30,31). The third-order valence-electron chi connectivity index (χ3n) is 4.73. The lowest BCUT2D eigenvalue weighted by molar-refractivity contribution is -0.348. The fourth-order valence-corrected chi connectivity index (χ4v) is 3.06. The van der Waals surface area contributed by atoms with Crippen molar-refractivity contribution in [2.75, 3.05) is 5.32 Å². The van der Waals surface area contributed by atoms with E-state index in [4.69, 9.17) is 5.73 Å². The molecule has 2 rings (SSSR count). The molecule has 170 valence electrons. The molecule has 2 aromatic rings. The number of nitrogens with two attached hydrogens (primary N) is 1. The summed E-state index contributed by atoms with van der Waals surface area (Å²) in [7, 11) is 0. The summed E-state index contributed by atoms with van der Waals surface area (Å²) in [6, 6.07) is 4.32. The van der Waals surface area contributed by atoms with Gasteiger partial charge in [0.2, 0.25) is 0 Å². The van der Waals surface area contributed by atoms with Crippen molar-refractivity contribution >= 4 is 11.6 Å². The summed E-state index contributed by atoms with van der Waals surface area (Å²) >= 11 is 0. The van der Waals surface area contributed by atoms with E-state index in [-0.39, 0.29) is 29.8 Å². The highest BCUT2D eigenvalue weighted by Crippen LogP contribution is 2.53. The van der Waals surface area contributed by atoms with Gasteiger partial charge in [0.15, 0.2) is 0 Å². The van der Waals surface area contributed by atoms with E-state index in [1.807, 2.05) is 0 Å². The Kier molecular flexibility index (Phi) is 6.70. The molecular weight excluding hydrogens is 436 g/mol. The zero-order valence-corrected chi connectivity index (χ0v) is 16.3. The molecule has 0 heterocycles. The smallest absolute Gasteiger partial charge is 0.326 e. The molecule has 0 saturated carbocycles. The van der Waals surface area contributed by atoms with Crippen LogP contribution in [-0.2, 0) is 18.6 Å². The van der Waals surface area contributed by atoms with E-state index in [9.17, 15) is 39.9 Å². The van der Waals surface area contributed by atoms with Crippen LogP contribution in [0.2, 0.25) is 0 Å². The van der Waals surface area contributed by atoms with Gasteiger partial charge in [0, 0.05) is 17.8 Å². The number of aryl methyl sites for hydroxylation is 2. The van der Waals surface area contributed by atoms with Gasteiger partial charge in [-0.05, 0) is 48.2 Å². The monoisotopic (exact) mass is 454 g/mol. The maximum atomic E-state index is 14.4. The van der Waals surface area contributed by atoms with Gasteiger partial charge >= 0.3 is 18.0 Å². The fraction of sp³-hybridized carbons (Fsp3) is 0.350. The second-order valence-corrected chi connectivity index (χ2v) is 6.81. The van der Waals surface area contributed by atoms with Crippen LogP contribution in [0.1, 0.15) is 39.5 Å². The summed E-state index contributed by atoms with van der Waals surface area (Å²) in [4.78, 5) is 12.4. The van der Waals surface area contributed by atoms with E-state index < -0.39 is 40.9 Å². The maximum Gasteiger partial charge on any atom is 0.435 e. The zero-order valence-electron chi connectivity index (χ0n) is 16.3. The van der Waals surface area contributed by atoms with Crippen molar-refractivity contribution in [3.63, 3.8) is 0 Å². The quantitative estimate of drug-likeness (QED) is 0.570. The Bertz CT molecular complexity index is 968. The maximum absolute atomic E-state index is 14.4. The van der Waals surface area contributed by atoms with Gasteiger partial charge in [-0.15, -0.1) is 0 Å². The molecular formula is C20H18F8N2O. The Morgan fingerprint density at radius 3 is 2.03 bits per heavy atom. The molecule has 2 aromatic carbocycles. The van der Waals surface area contributed by atoms with E-state index in [2.05, 4.69) is 5.32 Å². The number of carbonyl (C=O) groups is 1. The summed E-state index contributed by atoms with van der Waals surface area (Å²) in [5.74, 6) is -1.89. The molecule has 0 aliphatic carbocycles. The second-order valence-electron chi connectivity index (χ2n) is 6.81. The van der Waals surface area contributed by atoms with Crippen molar-refractivity contribution < 1.29 is 39.9 Å². The first-order valence-electron chi connectivity index (χ1n) is 8.93.